The molecule has 554 valence electrons. The van der Waals surface area contributed by atoms with Crippen LogP contribution in [0.5, 0.6) is 0 Å². The van der Waals surface area contributed by atoms with Gasteiger partial charge in [0.05, 0.1) is 38.9 Å². The van der Waals surface area contributed by atoms with E-state index in [1.165, 1.54) is 76.9 Å². The molecule has 0 amide bonds. The molecule has 0 bridgehead atoms. The number of para-hydroxylation sites is 3. The van der Waals surface area contributed by atoms with Gasteiger partial charge in [-0.2, -0.15) is 0 Å². The Labute approximate surface area is 688 Å². The summed E-state index contributed by atoms with van der Waals surface area (Å²) in [5, 5.41) is 4.88. The van der Waals surface area contributed by atoms with E-state index in [2.05, 4.69) is 464 Å². The van der Waals surface area contributed by atoms with Gasteiger partial charge in [-0.25, -0.2) is 0 Å². The first kappa shape index (κ1) is 68.8. The summed E-state index contributed by atoms with van der Waals surface area (Å²) < 4.78 is 5.10. The first-order valence-electron chi connectivity index (χ1n) is 41.2. The topological polar surface area (TPSA) is 16.3 Å². The molecule has 0 saturated heterocycles. The minimum absolute atomic E-state index is 0.303. The SMILES string of the molecule is CC(C)(C)c1cc2c3c(c1)N(c1c(-c4ccccc4)cc(-c4ccccc4)cc1-c1ccccc1)c1cc(-n4c5ccccc5c5c6c(ccc54)-c4ccccc4C6(c4ccccc4)c4ccccc4)ccc1B3c1ccc(-n3c4ccccc4c4ccccc43)cc1N2c1c(-c2ccccc2)cc(-c2ccccc2)cc1-c1ccccc1. The normalized spacial score (nSPS) is 13.1. The first-order valence-corrected chi connectivity index (χ1v) is 41.2. The molecular weight excluding hydrogens is 1420 g/mol. The van der Waals surface area contributed by atoms with Crippen molar-refractivity contribution in [1.29, 1.82) is 0 Å². The summed E-state index contributed by atoms with van der Waals surface area (Å²) in [4.78, 5) is 5.47. The molecule has 2 aliphatic heterocycles. The molecule has 1 aliphatic carbocycles. The van der Waals surface area contributed by atoms with Gasteiger partial charge in [-0.05, 0) is 190 Å². The van der Waals surface area contributed by atoms with Gasteiger partial charge < -0.3 is 18.9 Å². The molecule has 18 aromatic carbocycles. The zero-order valence-electron chi connectivity index (χ0n) is 65.8. The maximum absolute atomic E-state index is 2.74. The minimum atomic E-state index is -0.660. The average Bonchev–Trinajstić information content (AvgIpc) is 1.34. The van der Waals surface area contributed by atoms with Gasteiger partial charge in [-0.1, -0.05) is 360 Å². The van der Waals surface area contributed by atoms with E-state index in [-0.39, 0.29) is 12.1 Å². The monoisotopic (exact) mass is 1500 g/mol. The summed E-state index contributed by atoms with van der Waals surface area (Å²) in [6.45, 7) is 6.91. The van der Waals surface area contributed by atoms with Crippen molar-refractivity contribution < 1.29 is 0 Å². The van der Waals surface area contributed by atoms with Crippen LogP contribution >= 0.6 is 0 Å². The van der Waals surface area contributed by atoms with Crippen LogP contribution in [0.1, 0.15) is 48.6 Å². The molecule has 2 aromatic heterocycles. The van der Waals surface area contributed by atoms with Crippen LogP contribution in [0.15, 0.2) is 425 Å². The highest BCUT2D eigenvalue weighted by Crippen LogP contribution is 2.61. The van der Waals surface area contributed by atoms with Crippen LogP contribution in [0, 0.1) is 0 Å². The molecule has 23 rings (SSSR count). The molecule has 20 aromatic rings. The fraction of sp³-hybridized carbons (Fsp3) is 0.0442. The molecule has 118 heavy (non-hydrogen) atoms. The van der Waals surface area contributed by atoms with Crippen molar-refractivity contribution in [1.82, 2.24) is 9.13 Å². The Bertz CT molecular complexity index is 7160. The summed E-state index contributed by atoms with van der Waals surface area (Å²) in [6, 6.07) is 160. The van der Waals surface area contributed by atoms with Crippen LogP contribution in [-0.2, 0) is 10.8 Å². The standard InChI is InChI=1S/C113H79BN4/c1-112(2,3)84-70-105-109-106(71-84)118(111-94(78-44-20-8-21-45-78)68-81(75-38-14-5-15-39-75)69-95(111)79-46-22-9-23-47-79)104-73-86(116-101-59-35-31-55-91(101)107-102(116)65-62-90-87-52-28-32-56-96(87)113(108(90)107,82-48-24-10-25-49-82)83-50-26-11-27-51-83)61-64-98(104)114(109)97-63-60-85(115-99-57-33-29-53-88(99)89-54-30-34-58-100(89)115)72-103(97)117(105)110-92(76-40-16-6-17-41-76)66-80(74-36-12-4-13-37-74)67-93(110)77-42-18-7-19-43-77/h4-73H,1-3H3. The smallest absolute Gasteiger partial charge is 0.252 e. The number of rotatable bonds is 12. The zero-order valence-corrected chi connectivity index (χ0v) is 65.8. The van der Waals surface area contributed by atoms with Gasteiger partial charge in [-0.15, -0.1) is 0 Å². The zero-order chi connectivity index (χ0) is 78.3. The fourth-order valence-electron chi connectivity index (χ4n) is 20.3. The summed E-state index contributed by atoms with van der Waals surface area (Å²) >= 11 is 0. The van der Waals surface area contributed by atoms with E-state index in [4.69, 9.17) is 0 Å². The third-order valence-corrected chi connectivity index (χ3v) is 25.5. The van der Waals surface area contributed by atoms with E-state index in [1.807, 2.05) is 0 Å². The minimum Gasteiger partial charge on any atom is -0.310 e. The molecule has 4 heterocycles. The third kappa shape index (κ3) is 10.6. The van der Waals surface area contributed by atoms with Crippen LogP contribution in [0.2, 0.25) is 0 Å². The molecule has 3 aliphatic rings. The van der Waals surface area contributed by atoms with Crippen LogP contribution in [0.25, 0.3) is 133 Å². The quantitative estimate of drug-likeness (QED) is 0.113. The Morgan fingerprint density at radius 2 is 0.602 bits per heavy atom. The molecule has 0 saturated carbocycles. The van der Waals surface area contributed by atoms with Crippen LogP contribution in [0.3, 0.4) is 0 Å². The molecular formula is C113H79BN4. The van der Waals surface area contributed by atoms with Crippen molar-refractivity contribution in [3.05, 3.63) is 452 Å². The van der Waals surface area contributed by atoms with E-state index in [9.17, 15) is 0 Å². The van der Waals surface area contributed by atoms with Crippen molar-refractivity contribution in [3.63, 3.8) is 0 Å². The molecule has 0 spiro atoms. The number of nitrogens with zero attached hydrogens (tertiary/aromatic N) is 4. The van der Waals surface area contributed by atoms with Crippen molar-refractivity contribution >= 4 is 101 Å². The highest BCUT2D eigenvalue weighted by molar-refractivity contribution is 7.00. The third-order valence-electron chi connectivity index (χ3n) is 25.5. The van der Waals surface area contributed by atoms with Crippen molar-refractivity contribution in [2.75, 3.05) is 9.80 Å². The molecule has 0 radical (unpaired) electrons. The van der Waals surface area contributed by atoms with Gasteiger partial charge in [0.1, 0.15) is 0 Å². The molecule has 0 atom stereocenters. The Morgan fingerprint density at radius 3 is 1.02 bits per heavy atom. The fourth-order valence-corrected chi connectivity index (χ4v) is 20.3. The number of hydrogen-bond acceptors (Lipinski definition) is 2. The number of hydrogen-bond donors (Lipinski definition) is 0. The maximum Gasteiger partial charge on any atom is 0.252 e. The van der Waals surface area contributed by atoms with Gasteiger partial charge >= 0.3 is 0 Å². The van der Waals surface area contributed by atoms with Crippen LogP contribution in [-0.4, -0.2) is 15.8 Å². The van der Waals surface area contributed by atoms with Gasteiger partial charge in [0.2, 0.25) is 0 Å². The first-order chi connectivity index (χ1) is 58.2. The number of anilines is 6. The molecule has 5 heteroatoms. The second-order valence-corrected chi connectivity index (χ2v) is 32.9. The Balaban J connectivity index is 0.883. The highest BCUT2D eigenvalue weighted by atomic mass is 15.2. The Hall–Kier alpha value is -14.8. The van der Waals surface area contributed by atoms with Gasteiger partial charge in [0, 0.05) is 77.9 Å². The summed E-state index contributed by atoms with van der Waals surface area (Å²) in [5.74, 6) is 0. The van der Waals surface area contributed by atoms with E-state index < -0.39 is 5.41 Å². The summed E-state index contributed by atoms with van der Waals surface area (Å²) in [5.41, 5.74) is 38.3. The lowest BCUT2D eigenvalue weighted by Gasteiger charge is -2.46. The largest absolute Gasteiger partial charge is 0.310 e. The van der Waals surface area contributed by atoms with E-state index >= 15 is 0 Å². The van der Waals surface area contributed by atoms with Crippen LogP contribution in [0.4, 0.5) is 34.1 Å². The van der Waals surface area contributed by atoms with Crippen LogP contribution < -0.4 is 26.2 Å². The predicted octanol–water partition coefficient (Wildman–Crippen LogP) is 27.6. The molecule has 0 fully saturated rings. The second kappa shape index (κ2) is 27.2. The van der Waals surface area contributed by atoms with Crippen molar-refractivity contribution in [2.24, 2.45) is 0 Å². The van der Waals surface area contributed by atoms with E-state index in [0.29, 0.717) is 0 Å². The summed E-state index contributed by atoms with van der Waals surface area (Å²) in [6.07, 6.45) is 0. The van der Waals surface area contributed by atoms with Gasteiger partial charge in [0.15, 0.2) is 0 Å². The number of aromatic nitrogens is 2. The van der Waals surface area contributed by atoms with E-state index in [0.717, 1.165) is 134 Å². The predicted molar refractivity (Wildman–Crippen MR) is 498 cm³/mol. The van der Waals surface area contributed by atoms with Crippen molar-refractivity contribution in [3.8, 4) is 89.3 Å². The molecule has 4 nitrogen and oxygen atoms in total. The Kier molecular flexibility index (Phi) is 15.9. The number of benzene rings is 18. The van der Waals surface area contributed by atoms with E-state index in [1.54, 1.807) is 0 Å². The van der Waals surface area contributed by atoms with Gasteiger partial charge in [-0.3, -0.25) is 0 Å². The highest BCUT2D eigenvalue weighted by Gasteiger charge is 2.50. The van der Waals surface area contributed by atoms with Gasteiger partial charge in [0.25, 0.3) is 6.71 Å². The lowest BCUT2D eigenvalue weighted by Crippen LogP contribution is -2.61. The van der Waals surface area contributed by atoms with Crippen molar-refractivity contribution in [2.45, 2.75) is 31.6 Å². The molecule has 0 unspecified atom stereocenters. The lowest BCUT2D eigenvalue weighted by molar-refractivity contribution is 0.590. The Morgan fingerprint density at radius 1 is 0.254 bits per heavy atom. The lowest BCUT2D eigenvalue weighted by atomic mass is 9.33. The summed E-state index contributed by atoms with van der Waals surface area (Å²) in [7, 11) is 0. The molecule has 0 N–H and O–H groups in total. The second-order valence-electron chi connectivity index (χ2n) is 32.9. The number of fused-ring (bicyclic) bond motifs is 14. The maximum atomic E-state index is 2.74. The average molecular weight is 1500 g/mol.